The van der Waals surface area contributed by atoms with Crippen molar-refractivity contribution in [2.24, 2.45) is 12.8 Å². The maximum Gasteiger partial charge on any atom is 0.319 e. The van der Waals surface area contributed by atoms with Gasteiger partial charge in [0.2, 0.25) is 5.91 Å². The van der Waals surface area contributed by atoms with Gasteiger partial charge in [0.1, 0.15) is 17.6 Å². The maximum atomic E-state index is 14.7. The van der Waals surface area contributed by atoms with Crippen LogP contribution in [0.25, 0.3) is 0 Å². The number of piperazine rings is 1. The largest absolute Gasteiger partial charge is 0.534 e. The first kappa shape index (κ1) is 37.9. The molecule has 0 aliphatic carbocycles. The zero-order chi connectivity index (χ0) is 37.8. The summed E-state index contributed by atoms with van der Waals surface area (Å²) in [6.45, 7) is 9.25. The molecule has 0 spiro atoms. The second-order valence-corrected chi connectivity index (χ2v) is 19.5. The van der Waals surface area contributed by atoms with Gasteiger partial charge < -0.3 is 19.6 Å². The molecule has 8 nitrogen and oxygen atoms in total. The summed E-state index contributed by atoms with van der Waals surface area (Å²) in [4.78, 5) is 21.8. The van der Waals surface area contributed by atoms with Crippen LogP contribution in [-0.2, 0) is 23.9 Å². The number of nitrogens with two attached hydrogens (primary N) is 1. The highest BCUT2D eigenvalue weighted by Gasteiger charge is 2.52. The number of imidazole rings is 1. The third-order valence-electron chi connectivity index (χ3n) is 10.4. The summed E-state index contributed by atoms with van der Waals surface area (Å²) in [6, 6.07) is 33.2. The molecule has 1 aliphatic rings. The number of nitrogens with zero attached hydrogens (tertiary/aromatic N) is 5. The molecule has 1 aromatic heterocycles. The van der Waals surface area contributed by atoms with E-state index >= 15 is 0 Å². The number of aromatic nitrogens is 2. The molecule has 274 valence electrons. The second kappa shape index (κ2) is 15.7. The molecule has 0 radical (unpaired) electrons. The van der Waals surface area contributed by atoms with Crippen LogP contribution >= 0.6 is 11.6 Å². The Morgan fingerprint density at radius 3 is 2.23 bits per heavy atom. The number of hydrogen-bond acceptors (Lipinski definition) is 6. The summed E-state index contributed by atoms with van der Waals surface area (Å²) in [6.07, 6.45) is 4.50. The molecule has 1 atom stereocenters. The Morgan fingerprint density at radius 1 is 0.981 bits per heavy atom. The highest BCUT2D eigenvalue weighted by atomic mass is 35.5. The average molecular weight is 749 g/mol. The molecule has 1 fully saturated rings. The lowest BCUT2D eigenvalue weighted by molar-refractivity contribution is -0.136. The first-order valence-electron chi connectivity index (χ1n) is 17.9. The molecule has 0 bridgehead atoms. The zero-order valence-corrected chi connectivity index (χ0v) is 32.5. The second-order valence-electron chi connectivity index (χ2n) is 14.9. The number of aryl methyl sites for hydroxylation is 1. The van der Waals surface area contributed by atoms with Gasteiger partial charge in [-0.05, 0) is 76.3 Å². The van der Waals surface area contributed by atoms with Gasteiger partial charge in [0, 0.05) is 31.7 Å². The minimum atomic E-state index is -2.86. The fourth-order valence-electron chi connectivity index (χ4n) is 7.55. The number of carbonyl (C=O) groups is 1. The van der Waals surface area contributed by atoms with Gasteiger partial charge in [-0.25, -0.2) is 9.37 Å². The van der Waals surface area contributed by atoms with Crippen LogP contribution in [0.2, 0.25) is 10.1 Å². The molecular formula is C42H46ClFN6O2Si. The molecule has 1 aliphatic heterocycles. The number of benzene rings is 4. The molecule has 1 amide bonds. The Kier molecular flexibility index (Phi) is 11.2. The minimum Gasteiger partial charge on any atom is -0.534 e. The van der Waals surface area contributed by atoms with E-state index < -0.39 is 19.7 Å². The van der Waals surface area contributed by atoms with Gasteiger partial charge in [-0.15, -0.1) is 0 Å². The van der Waals surface area contributed by atoms with Crippen LogP contribution in [0, 0.1) is 17.1 Å². The van der Waals surface area contributed by atoms with Gasteiger partial charge in [-0.1, -0.05) is 99.1 Å². The van der Waals surface area contributed by atoms with E-state index in [1.165, 1.54) is 22.5 Å². The van der Waals surface area contributed by atoms with Crippen LogP contribution in [0.1, 0.15) is 56.0 Å². The lowest BCUT2D eigenvalue weighted by atomic mass is 9.83. The van der Waals surface area contributed by atoms with Crippen LogP contribution in [0.4, 0.5) is 4.39 Å². The summed E-state index contributed by atoms with van der Waals surface area (Å²) >= 11 is 6.78. The average Bonchev–Trinajstić information content (AvgIpc) is 3.59. The smallest absolute Gasteiger partial charge is 0.319 e. The standard InChI is InChI=1S/C42H46ClFN6O2Si/c1-41(2,3)53(35-12-7-5-8-13-35,36-14-9-6-10-15-36)52-34-18-19-37(43)32(24-34)28-50-23-22-49(29-40(50)51)21-11-20-42(46,39-27-47-30-48(39)4)33-17-16-31(26-45)38(44)25-33/h5-10,12-19,24-25,27,30H,11,20-23,28-29,46H2,1-4H3. The lowest BCUT2D eigenvalue weighted by Crippen LogP contribution is -2.68. The molecule has 4 aromatic carbocycles. The summed E-state index contributed by atoms with van der Waals surface area (Å²) in [7, 11) is -1.00. The van der Waals surface area contributed by atoms with Crippen LogP contribution in [0.5, 0.6) is 5.75 Å². The van der Waals surface area contributed by atoms with E-state index in [9.17, 15) is 14.4 Å². The van der Waals surface area contributed by atoms with Crippen molar-refractivity contribution in [3.8, 4) is 11.8 Å². The maximum absolute atomic E-state index is 14.7. The minimum absolute atomic E-state index is 0.0189. The predicted molar refractivity (Wildman–Crippen MR) is 210 cm³/mol. The number of carbonyl (C=O) groups excluding carboxylic acids is 1. The topological polar surface area (TPSA) is 100 Å². The third-order valence-corrected chi connectivity index (χ3v) is 15.7. The van der Waals surface area contributed by atoms with E-state index in [0.717, 1.165) is 17.0 Å². The SMILES string of the molecule is Cn1cncc1C(N)(CCCN1CCN(Cc2cc(O[Si](c3ccccc3)(c3ccccc3)C(C)(C)C)ccc2Cl)C(=O)C1)c1ccc(C#N)c(F)c1. The molecule has 0 saturated carbocycles. The highest BCUT2D eigenvalue weighted by molar-refractivity contribution is 7.00. The normalized spacial score (nSPS) is 15.2. The molecule has 2 heterocycles. The van der Waals surface area contributed by atoms with Crippen molar-refractivity contribution in [3.05, 3.63) is 143 Å². The van der Waals surface area contributed by atoms with Crippen molar-refractivity contribution in [1.29, 1.82) is 5.26 Å². The number of amides is 1. The molecule has 6 rings (SSSR count). The van der Waals surface area contributed by atoms with Crippen molar-refractivity contribution in [1.82, 2.24) is 19.4 Å². The molecular weight excluding hydrogens is 703 g/mol. The Balaban J connectivity index is 1.15. The van der Waals surface area contributed by atoms with Gasteiger partial charge in [0.25, 0.3) is 0 Å². The first-order chi connectivity index (χ1) is 25.4. The predicted octanol–water partition coefficient (Wildman–Crippen LogP) is 6.35. The van der Waals surface area contributed by atoms with Crippen molar-refractivity contribution >= 4 is 36.2 Å². The van der Waals surface area contributed by atoms with E-state index in [1.807, 2.05) is 52.9 Å². The van der Waals surface area contributed by atoms with Gasteiger partial charge in [-0.2, -0.15) is 5.26 Å². The number of hydrogen-bond donors (Lipinski definition) is 1. The molecule has 11 heteroatoms. The molecule has 2 N–H and O–H groups in total. The van der Waals surface area contributed by atoms with Crippen molar-refractivity contribution < 1.29 is 13.6 Å². The van der Waals surface area contributed by atoms with Crippen LogP contribution < -0.4 is 20.5 Å². The molecule has 53 heavy (non-hydrogen) atoms. The van der Waals surface area contributed by atoms with Crippen LogP contribution in [0.3, 0.4) is 0 Å². The van der Waals surface area contributed by atoms with E-state index in [4.69, 9.17) is 21.8 Å². The summed E-state index contributed by atoms with van der Waals surface area (Å²) in [5.74, 6) is 0.139. The molecule has 1 saturated heterocycles. The Bertz CT molecular complexity index is 2060. The Hall–Kier alpha value is -4.79. The summed E-state index contributed by atoms with van der Waals surface area (Å²) in [5, 5.41) is 12.0. The van der Waals surface area contributed by atoms with Gasteiger partial charge in [0.15, 0.2) is 0 Å². The molecule has 1 unspecified atom stereocenters. The summed E-state index contributed by atoms with van der Waals surface area (Å²) in [5.41, 5.74) is 8.10. The number of nitriles is 1. The summed E-state index contributed by atoms with van der Waals surface area (Å²) < 4.78 is 23.8. The quantitative estimate of drug-likeness (QED) is 0.149. The number of rotatable bonds is 12. The van der Waals surface area contributed by atoms with Crippen LogP contribution in [-0.4, -0.2) is 59.8 Å². The van der Waals surface area contributed by atoms with Crippen molar-refractivity contribution in [2.45, 2.75) is 50.7 Å². The lowest BCUT2D eigenvalue weighted by Gasteiger charge is -2.43. The Labute approximate surface area is 317 Å². The van der Waals surface area contributed by atoms with E-state index in [-0.39, 0.29) is 23.1 Å². The third kappa shape index (κ3) is 7.80. The van der Waals surface area contributed by atoms with Gasteiger partial charge in [0.05, 0.1) is 35.9 Å². The van der Waals surface area contributed by atoms with E-state index in [1.54, 1.807) is 18.6 Å². The van der Waals surface area contributed by atoms with Crippen molar-refractivity contribution in [2.75, 3.05) is 26.2 Å². The fourth-order valence-corrected chi connectivity index (χ4v) is 12.1. The Morgan fingerprint density at radius 2 is 1.66 bits per heavy atom. The highest BCUT2D eigenvalue weighted by Crippen LogP contribution is 2.38. The number of halogens is 2. The first-order valence-corrected chi connectivity index (χ1v) is 20.2. The van der Waals surface area contributed by atoms with Crippen molar-refractivity contribution in [3.63, 3.8) is 0 Å². The van der Waals surface area contributed by atoms with E-state index in [2.05, 4.69) is 79.2 Å². The monoisotopic (exact) mass is 748 g/mol. The zero-order valence-electron chi connectivity index (χ0n) is 30.7. The van der Waals surface area contributed by atoms with Gasteiger partial charge in [-0.3, -0.25) is 9.69 Å². The fraction of sp³-hybridized carbons (Fsp3) is 0.310. The van der Waals surface area contributed by atoms with E-state index in [0.29, 0.717) is 49.6 Å². The molecule has 5 aromatic rings. The van der Waals surface area contributed by atoms with Gasteiger partial charge >= 0.3 is 8.32 Å². The van der Waals surface area contributed by atoms with Crippen LogP contribution in [0.15, 0.2) is 110 Å².